The maximum atomic E-state index is 11.7. The van der Waals surface area contributed by atoms with Gasteiger partial charge in [0.2, 0.25) is 0 Å². The molecule has 1 saturated carbocycles. The van der Waals surface area contributed by atoms with Crippen molar-refractivity contribution in [2.24, 2.45) is 11.0 Å². The van der Waals surface area contributed by atoms with Crippen LogP contribution in [0.1, 0.15) is 26.2 Å². The van der Waals surface area contributed by atoms with Gasteiger partial charge >= 0.3 is 5.97 Å². The summed E-state index contributed by atoms with van der Waals surface area (Å²) in [5, 5.41) is 6.52. The summed E-state index contributed by atoms with van der Waals surface area (Å²) in [6, 6.07) is -0.234. The summed E-state index contributed by atoms with van der Waals surface area (Å²) >= 11 is 0. The lowest BCUT2D eigenvalue weighted by atomic mass is 9.79. The molecule has 1 rings (SSSR count). The number of rotatable bonds is 7. The summed E-state index contributed by atoms with van der Waals surface area (Å²) in [6.45, 7) is 3.08. The Balaban J connectivity index is 2.36. The smallest absolute Gasteiger partial charge is 0.323 e. The van der Waals surface area contributed by atoms with Crippen LogP contribution in [-0.4, -0.2) is 31.7 Å². The van der Waals surface area contributed by atoms with Crippen LogP contribution in [-0.2, 0) is 9.53 Å². The molecule has 1 aliphatic carbocycles. The number of nitrogens with zero attached hydrogens (tertiary/aromatic N) is 3. The standard InChI is InChI=1S/C10H18N4O2/c1-2-16-10(15)9(8-4-3-5-8)12-6-7-13-14-11/h8-9,12H,2-7H2,1H3. The predicted octanol–water partition coefficient (Wildman–Crippen LogP) is 1.62. The first-order valence-electron chi connectivity index (χ1n) is 5.70. The van der Waals surface area contributed by atoms with Crippen LogP contribution in [0.4, 0.5) is 0 Å². The van der Waals surface area contributed by atoms with Crippen molar-refractivity contribution in [2.75, 3.05) is 19.7 Å². The second-order valence-corrected chi connectivity index (χ2v) is 3.83. The average molecular weight is 226 g/mol. The first-order chi connectivity index (χ1) is 7.79. The molecule has 1 atom stereocenters. The molecular weight excluding hydrogens is 208 g/mol. The molecule has 6 heteroatoms. The van der Waals surface area contributed by atoms with E-state index in [2.05, 4.69) is 15.3 Å². The highest BCUT2D eigenvalue weighted by atomic mass is 16.5. The first kappa shape index (κ1) is 12.8. The molecule has 0 aromatic rings. The van der Waals surface area contributed by atoms with Gasteiger partial charge in [0.15, 0.2) is 0 Å². The summed E-state index contributed by atoms with van der Waals surface area (Å²) in [5.74, 6) is 0.193. The van der Waals surface area contributed by atoms with Crippen LogP contribution >= 0.6 is 0 Å². The van der Waals surface area contributed by atoms with E-state index < -0.39 is 0 Å². The predicted molar refractivity (Wildman–Crippen MR) is 59.8 cm³/mol. The van der Waals surface area contributed by atoms with E-state index in [1.807, 2.05) is 0 Å². The van der Waals surface area contributed by atoms with Gasteiger partial charge in [0.25, 0.3) is 0 Å². The molecule has 0 amide bonds. The van der Waals surface area contributed by atoms with Crippen molar-refractivity contribution < 1.29 is 9.53 Å². The molecule has 0 spiro atoms. The van der Waals surface area contributed by atoms with Crippen LogP contribution < -0.4 is 5.32 Å². The maximum Gasteiger partial charge on any atom is 0.323 e. The molecule has 16 heavy (non-hydrogen) atoms. The summed E-state index contributed by atoms with van der Waals surface area (Å²) in [6.07, 6.45) is 3.31. The molecular formula is C10H18N4O2. The Morgan fingerprint density at radius 1 is 1.69 bits per heavy atom. The van der Waals surface area contributed by atoms with E-state index in [1.54, 1.807) is 6.92 Å². The van der Waals surface area contributed by atoms with Gasteiger partial charge in [-0.05, 0) is 31.2 Å². The zero-order valence-corrected chi connectivity index (χ0v) is 9.56. The first-order valence-corrected chi connectivity index (χ1v) is 5.70. The molecule has 0 radical (unpaired) electrons. The van der Waals surface area contributed by atoms with Crippen LogP contribution in [0.5, 0.6) is 0 Å². The fourth-order valence-corrected chi connectivity index (χ4v) is 1.76. The second-order valence-electron chi connectivity index (χ2n) is 3.83. The van der Waals surface area contributed by atoms with Crippen LogP contribution in [0.3, 0.4) is 0 Å². The van der Waals surface area contributed by atoms with Gasteiger partial charge in [-0.1, -0.05) is 11.5 Å². The fourth-order valence-electron chi connectivity index (χ4n) is 1.76. The van der Waals surface area contributed by atoms with Crippen molar-refractivity contribution in [1.82, 2.24) is 5.32 Å². The lowest BCUT2D eigenvalue weighted by molar-refractivity contribution is -0.148. The third kappa shape index (κ3) is 3.72. The quantitative estimate of drug-likeness (QED) is 0.235. The molecule has 0 aromatic carbocycles. The van der Waals surface area contributed by atoms with Crippen molar-refractivity contribution in [2.45, 2.75) is 32.2 Å². The van der Waals surface area contributed by atoms with Gasteiger partial charge < -0.3 is 10.1 Å². The highest BCUT2D eigenvalue weighted by molar-refractivity contribution is 5.76. The molecule has 1 fully saturated rings. The molecule has 1 N–H and O–H groups in total. The van der Waals surface area contributed by atoms with E-state index in [0.29, 0.717) is 25.6 Å². The zero-order chi connectivity index (χ0) is 11.8. The number of nitrogens with one attached hydrogen (secondary N) is 1. The van der Waals surface area contributed by atoms with Gasteiger partial charge in [0.1, 0.15) is 6.04 Å². The lowest BCUT2D eigenvalue weighted by Gasteiger charge is -2.32. The molecule has 90 valence electrons. The average Bonchev–Trinajstić information content (AvgIpc) is 2.20. The Hall–Kier alpha value is -1.26. The molecule has 0 aromatic heterocycles. The Labute approximate surface area is 95.0 Å². The lowest BCUT2D eigenvalue weighted by Crippen LogP contribution is -2.47. The molecule has 0 bridgehead atoms. The van der Waals surface area contributed by atoms with Crippen molar-refractivity contribution in [3.05, 3.63) is 10.4 Å². The van der Waals surface area contributed by atoms with Crippen LogP contribution in [0.15, 0.2) is 5.11 Å². The van der Waals surface area contributed by atoms with Gasteiger partial charge in [-0.2, -0.15) is 0 Å². The molecule has 6 nitrogen and oxygen atoms in total. The highest BCUT2D eigenvalue weighted by Crippen LogP contribution is 2.30. The third-order valence-electron chi connectivity index (χ3n) is 2.80. The zero-order valence-electron chi connectivity index (χ0n) is 9.56. The number of azide groups is 1. The van der Waals surface area contributed by atoms with E-state index in [1.165, 1.54) is 6.42 Å². The highest BCUT2D eigenvalue weighted by Gasteiger charge is 2.32. The van der Waals surface area contributed by atoms with E-state index in [0.717, 1.165) is 12.8 Å². The minimum atomic E-state index is -0.234. The Kier molecular flexibility index (Phi) is 5.67. The molecule has 0 heterocycles. The van der Waals surface area contributed by atoms with E-state index in [9.17, 15) is 4.79 Å². The van der Waals surface area contributed by atoms with Gasteiger partial charge in [0, 0.05) is 18.0 Å². The number of carbonyl (C=O) groups excluding carboxylic acids is 1. The van der Waals surface area contributed by atoms with E-state index >= 15 is 0 Å². The van der Waals surface area contributed by atoms with Crippen molar-refractivity contribution in [3.63, 3.8) is 0 Å². The number of hydrogen-bond acceptors (Lipinski definition) is 4. The number of hydrogen-bond donors (Lipinski definition) is 1. The normalized spacial score (nSPS) is 17.1. The maximum absolute atomic E-state index is 11.7. The van der Waals surface area contributed by atoms with E-state index in [4.69, 9.17) is 10.3 Å². The largest absolute Gasteiger partial charge is 0.465 e. The second kappa shape index (κ2) is 7.09. The Morgan fingerprint density at radius 3 is 2.94 bits per heavy atom. The molecule has 0 saturated heterocycles. The van der Waals surface area contributed by atoms with Gasteiger partial charge in [-0.3, -0.25) is 4.79 Å². The minimum absolute atomic E-state index is 0.187. The Bertz CT molecular complexity index is 272. The Morgan fingerprint density at radius 2 is 2.44 bits per heavy atom. The summed E-state index contributed by atoms with van der Waals surface area (Å²) in [4.78, 5) is 14.3. The minimum Gasteiger partial charge on any atom is -0.465 e. The summed E-state index contributed by atoms with van der Waals surface area (Å²) < 4.78 is 5.01. The number of carbonyl (C=O) groups is 1. The van der Waals surface area contributed by atoms with Gasteiger partial charge in [-0.15, -0.1) is 0 Å². The number of esters is 1. The topological polar surface area (TPSA) is 87.1 Å². The van der Waals surface area contributed by atoms with Crippen LogP contribution in [0.2, 0.25) is 0 Å². The van der Waals surface area contributed by atoms with Crippen molar-refractivity contribution in [3.8, 4) is 0 Å². The van der Waals surface area contributed by atoms with Gasteiger partial charge in [0.05, 0.1) is 6.61 Å². The van der Waals surface area contributed by atoms with Crippen molar-refractivity contribution in [1.29, 1.82) is 0 Å². The molecule has 1 unspecified atom stereocenters. The van der Waals surface area contributed by atoms with Crippen LogP contribution in [0.25, 0.3) is 10.4 Å². The molecule has 0 aliphatic heterocycles. The van der Waals surface area contributed by atoms with E-state index in [-0.39, 0.29) is 12.0 Å². The SMILES string of the molecule is CCOC(=O)C(NCCN=[N+]=[N-])C1CCC1. The number of ether oxygens (including phenoxy) is 1. The monoisotopic (exact) mass is 226 g/mol. The van der Waals surface area contributed by atoms with Gasteiger partial charge in [-0.25, -0.2) is 0 Å². The fraction of sp³-hybridized carbons (Fsp3) is 0.900. The summed E-state index contributed by atoms with van der Waals surface area (Å²) in [7, 11) is 0. The van der Waals surface area contributed by atoms with Crippen LogP contribution in [0, 0.1) is 5.92 Å². The third-order valence-corrected chi connectivity index (χ3v) is 2.80. The summed E-state index contributed by atoms with van der Waals surface area (Å²) in [5.41, 5.74) is 8.13. The molecule has 1 aliphatic rings. The van der Waals surface area contributed by atoms with Crippen molar-refractivity contribution >= 4 is 5.97 Å².